The van der Waals surface area contributed by atoms with E-state index in [1.807, 2.05) is 0 Å². The molecule has 5 heteroatoms. The fourth-order valence-corrected chi connectivity index (χ4v) is 10.2. The second kappa shape index (κ2) is 17.1. The quantitative estimate of drug-likeness (QED) is 0.157. The summed E-state index contributed by atoms with van der Waals surface area (Å²) in [5.41, 5.74) is 0. The first-order chi connectivity index (χ1) is 13.9. The SMILES string of the molecule is CCCCC[C](=O)[Ti]([C](=O)CCCCC)([C](=O)CCCCC)[C](=O)CCCCC. The summed E-state index contributed by atoms with van der Waals surface area (Å²) in [7, 11) is 0. The van der Waals surface area contributed by atoms with Gasteiger partial charge in [-0.3, -0.25) is 0 Å². The molecule has 0 spiro atoms. The van der Waals surface area contributed by atoms with Gasteiger partial charge in [0.05, 0.1) is 0 Å². The van der Waals surface area contributed by atoms with Gasteiger partial charge in [-0.15, -0.1) is 0 Å². The van der Waals surface area contributed by atoms with Gasteiger partial charge in [-0.25, -0.2) is 0 Å². The van der Waals surface area contributed by atoms with E-state index < -0.39 is 16.6 Å². The Morgan fingerprint density at radius 1 is 0.414 bits per heavy atom. The third-order valence-electron chi connectivity index (χ3n) is 5.70. The van der Waals surface area contributed by atoms with Crippen LogP contribution in [0.25, 0.3) is 0 Å². The maximum absolute atomic E-state index is 13.4. The molecular formula is C24H44O4Ti. The van der Waals surface area contributed by atoms with Crippen LogP contribution < -0.4 is 0 Å². The molecule has 4 nitrogen and oxygen atoms in total. The molecule has 0 aliphatic heterocycles. The topological polar surface area (TPSA) is 68.3 Å². The normalized spacial score (nSPS) is 11.4. The van der Waals surface area contributed by atoms with Gasteiger partial charge < -0.3 is 0 Å². The Morgan fingerprint density at radius 2 is 0.621 bits per heavy atom. The number of carbonyl (C=O) groups excluding carboxylic acids is 4. The van der Waals surface area contributed by atoms with Crippen LogP contribution in [-0.4, -0.2) is 16.4 Å². The van der Waals surface area contributed by atoms with E-state index in [1.54, 1.807) is 0 Å². The van der Waals surface area contributed by atoms with E-state index in [-0.39, 0.29) is 42.0 Å². The van der Waals surface area contributed by atoms with Crippen molar-refractivity contribution in [3.8, 4) is 0 Å². The molecule has 0 aliphatic carbocycles. The van der Waals surface area contributed by atoms with Crippen LogP contribution in [0.5, 0.6) is 0 Å². The van der Waals surface area contributed by atoms with Crippen molar-refractivity contribution < 1.29 is 35.8 Å². The molecule has 0 N–H and O–H groups in total. The van der Waals surface area contributed by atoms with Crippen molar-refractivity contribution in [1.82, 2.24) is 0 Å². The molecule has 0 aromatic rings. The molecule has 0 unspecified atom stereocenters. The second-order valence-corrected chi connectivity index (χ2v) is 14.1. The van der Waals surface area contributed by atoms with Crippen molar-refractivity contribution >= 4 is 16.4 Å². The minimum absolute atomic E-state index is 0.229. The van der Waals surface area contributed by atoms with Crippen LogP contribution in [0.15, 0.2) is 0 Å². The van der Waals surface area contributed by atoms with E-state index in [1.165, 1.54) is 0 Å². The Morgan fingerprint density at radius 3 is 0.793 bits per heavy atom. The first kappa shape index (κ1) is 28.4. The molecule has 0 aliphatic rings. The van der Waals surface area contributed by atoms with Crippen molar-refractivity contribution in [2.75, 3.05) is 0 Å². The van der Waals surface area contributed by atoms with Crippen LogP contribution in [0.4, 0.5) is 0 Å². The van der Waals surface area contributed by atoms with E-state index in [2.05, 4.69) is 27.7 Å². The van der Waals surface area contributed by atoms with Crippen LogP contribution in [0.2, 0.25) is 0 Å². The third kappa shape index (κ3) is 9.38. The zero-order chi connectivity index (χ0) is 22.1. The average Bonchev–Trinajstić information content (AvgIpc) is 2.69. The molecule has 0 radical (unpaired) electrons. The molecule has 0 saturated heterocycles. The summed E-state index contributed by atoms with van der Waals surface area (Å²) >= 11 is -4.64. The van der Waals surface area contributed by atoms with Gasteiger partial charge in [0.15, 0.2) is 0 Å². The Balaban J connectivity index is 5.86. The van der Waals surface area contributed by atoms with Gasteiger partial charge >= 0.3 is 183 Å². The zero-order valence-corrected chi connectivity index (χ0v) is 21.0. The standard InChI is InChI=1S/4C6H11O.Ti/c4*1-2-3-4-5-6-7;/h4*2-5H2,1H3;. The van der Waals surface area contributed by atoms with Gasteiger partial charge in [-0.2, -0.15) is 0 Å². The molecule has 0 heterocycles. The summed E-state index contributed by atoms with van der Waals surface area (Å²) in [6.07, 6.45) is 11.0. The van der Waals surface area contributed by atoms with Crippen LogP contribution in [-0.2, 0) is 35.8 Å². The predicted octanol–water partition coefficient (Wildman–Crippen LogP) is 6.57. The van der Waals surface area contributed by atoms with E-state index in [0.29, 0.717) is 25.7 Å². The molecule has 0 bridgehead atoms. The van der Waals surface area contributed by atoms with Crippen molar-refractivity contribution in [3.63, 3.8) is 0 Å². The van der Waals surface area contributed by atoms with Crippen molar-refractivity contribution in [2.24, 2.45) is 0 Å². The second-order valence-electron chi connectivity index (χ2n) is 8.27. The molecule has 0 aromatic heterocycles. The maximum atomic E-state index is 13.4. The van der Waals surface area contributed by atoms with Crippen LogP contribution in [0.3, 0.4) is 0 Å². The molecular weight excluding hydrogens is 400 g/mol. The van der Waals surface area contributed by atoms with Crippen molar-refractivity contribution in [1.29, 1.82) is 0 Å². The number of hydrogen-bond acceptors (Lipinski definition) is 4. The van der Waals surface area contributed by atoms with E-state index >= 15 is 0 Å². The molecule has 0 amide bonds. The van der Waals surface area contributed by atoms with Gasteiger partial charge in [0.2, 0.25) is 0 Å². The van der Waals surface area contributed by atoms with Gasteiger partial charge in [-0.05, 0) is 0 Å². The Hall–Kier alpha value is -0.606. The zero-order valence-electron chi connectivity index (χ0n) is 19.4. The summed E-state index contributed by atoms with van der Waals surface area (Å²) in [5, 5.41) is 0. The molecule has 168 valence electrons. The Bertz CT molecular complexity index is 420. The number of rotatable bonds is 20. The molecule has 0 saturated carbocycles. The summed E-state index contributed by atoms with van der Waals surface area (Å²) < 4.78 is -0.989. The number of carbonyl (C=O) groups is 4. The summed E-state index contributed by atoms with van der Waals surface area (Å²) in [4.78, 5) is 53.5. The van der Waals surface area contributed by atoms with Crippen LogP contribution in [0, 0.1) is 0 Å². The van der Waals surface area contributed by atoms with Crippen LogP contribution >= 0.6 is 0 Å². The summed E-state index contributed by atoms with van der Waals surface area (Å²) in [6, 6.07) is 0. The van der Waals surface area contributed by atoms with Crippen molar-refractivity contribution in [2.45, 2.75) is 130 Å². The van der Waals surface area contributed by atoms with E-state index in [4.69, 9.17) is 0 Å². The molecule has 29 heavy (non-hydrogen) atoms. The average molecular weight is 444 g/mol. The number of hydrogen-bond donors (Lipinski definition) is 0. The molecule has 0 atom stereocenters. The van der Waals surface area contributed by atoms with Gasteiger partial charge in [-0.1, -0.05) is 0 Å². The van der Waals surface area contributed by atoms with Crippen LogP contribution in [0.1, 0.15) is 130 Å². The van der Waals surface area contributed by atoms with E-state index in [0.717, 1.165) is 51.4 Å². The Kier molecular flexibility index (Phi) is 16.8. The fraction of sp³-hybridized carbons (Fsp3) is 0.833. The van der Waals surface area contributed by atoms with Gasteiger partial charge in [0.1, 0.15) is 0 Å². The van der Waals surface area contributed by atoms with Gasteiger partial charge in [0.25, 0.3) is 0 Å². The molecule has 0 fully saturated rings. The fourth-order valence-electron chi connectivity index (χ4n) is 3.83. The molecule has 0 rings (SSSR count). The first-order valence-electron chi connectivity index (χ1n) is 12.1. The van der Waals surface area contributed by atoms with Gasteiger partial charge in [0, 0.05) is 0 Å². The summed E-state index contributed by atoms with van der Waals surface area (Å²) in [6.45, 7) is 8.23. The third-order valence-corrected chi connectivity index (χ3v) is 12.5. The summed E-state index contributed by atoms with van der Waals surface area (Å²) in [5.74, 6) is 0. The first-order valence-corrected chi connectivity index (χ1v) is 15.2. The van der Waals surface area contributed by atoms with Crippen molar-refractivity contribution in [3.05, 3.63) is 0 Å². The monoisotopic (exact) mass is 444 g/mol. The Labute approximate surface area is 182 Å². The molecule has 0 aromatic carbocycles. The predicted molar refractivity (Wildman–Crippen MR) is 117 cm³/mol. The number of unbranched alkanes of at least 4 members (excludes halogenated alkanes) is 8. The van der Waals surface area contributed by atoms with E-state index in [9.17, 15) is 19.2 Å². The minimum atomic E-state index is -4.64.